The predicted molar refractivity (Wildman–Crippen MR) is 88.1 cm³/mol. The second-order valence-corrected chi connectivity index (χ2v) is 6.28. The molecule has 0 N–H and O–H groups in total. The number of hydrogen-bond donors (Lipinski definition) is 0. The Morgan fingerprint density at radius 1 is 0.750 bits per heavy atom. The molecule has 0 amide bonds. The van der Waals surface area contributed by atoms with Crippen molar-refractivity contribution in [3.05, 3.63) is 58.7 Å². The second kappa shape index (κ2) is 4.34. The summed E-state index contributed by atoms with van der Waals surface area (Å²) in [5.74, 6) is 1.24. The van der Waals surface area contributed by atoms with Crippen LogP contribution >= 0.6 is 0 Å². The van der Waals surface area contributed by atoms with Crippen molar-refractivity contribution in [2.24, 2.45) is 0 Å². The molecule has 0 spiro atoms. The van der Waals surface area contributed by atoms with Crippen molar-refractivity contribution in [2.45, 2.75) is 38.5 Å². The molecule has 0 saturated carbocycles. The lowest BCUT2D eigenvalue weighted by molar-refractivity contribution is 0.761. The Morgan fingerprint density at radius 2 is 1.20 bits per heavy atom. The van der Waals surface area contributed by atoms with Gasteiger partial charge in [-0.3, -0.25) is 0 Å². The van der Waals surface area contributed by atoms with Gasteiger partial charge in [-0.25, -0.2) is 0 Å². The summed E-state index contributed by atoms with van der Waals surface area (Å²) in [6.45, 7) is 4.72. The summed E-state index contributed by atoms with van der Waals surface area (Å²) in [4.78, 5) is 0. The Hall–Kier alpha value is -1.82. The fraction of sp³-hybridized carbons (Fsp3) is 0.300. The van der Waals surface area contributed by atoms with Gasteiger partial charge in [0.1, 0.15) is 0 Å². The number of benzene rings is 2. The van der Waals surface area contributed by atoms with E-state index in [0.717, 1.165) is 12.8 Å². The van der Waals surface area contributed by atoms with Crippen molar-refractivity contribution in [3.8, 4) is 0 Å². The lowest BCUT2D eigenvalue weighted by Crippen LogP contribution is -2.10. The third kappa shape index (κ3) is 1.54. The van der Waals surface area contributed by atoms with Crippen molar-refractivity contribution < 1.29 is 0 Å². The van der Waals surface area contributed by atoms with Gasteiger partial charge in [-0.05, 0) is 57.7 Å². The van der Waals surface area contributed by atoms with E-state index in [1.807, 2.05) is 0 Å². The SMILES string of the molecule is CC1CC=Cc2c3c(c4ccccc4c21)C(C)CC=C3. The molecule has 0 heteroatoms. The van der Waals surface area contributed by atoms with Gasteiger partial charge in [0.25, 0.3) is 0 Å². The third-order valence-corrected chi connectivity index (χ3v) is 4.91. The molecule has 0 radical (unpaired) electrons. The number of fused-ring (bicyclic) bond motifs is 6. The topological polar surface area (TPSA) is 0 Å². The minimum atomic E-state index is 0.621. The summed E-state index contributed by atoms with van der Waals surface area (Å²) in [5, 5.41) is 2.94. The normalized spacial score (nSPS) is 23.7. The van der Waals surface area contributed by atoms with E-state index in [-0.39, 0.29) is 0 Å². The molecule has 0 aromatic heterocycles. The highest BCUT2D eigenvalue weighted by Gasteiger charge is 2.25. The van der Waals surface area contributed by atoms with E-state index >= 15 is 0 Å². The van der Waals surface area contributed by atoms with Gasteiger partial charge in [-0.2, -0.15) is 0 Å². The maximum absolute atomic E-state index is 2.36. The highest BCUT2D eigenvalue weighted by Crippen LogP contribution is 2.44. The molecule has 2 aromatic rings. The number of rotatable bonds is 0. The Kier molecular flexibility index (Phi) is 2.60. The highest BCUT2D eigenvalue weighted by atomic mass is 14.3. The van der Waals surface area contributed by atoms with Crippen LogP contribution in [0.1, 0.15) is 60.8 Å². The lowest BCUT2D eigenvalue weighted by Gasteiger charge is -2.29. The molecule has 2 aliphatic carbocycles. The minimum absolute atomic E-state index is 0.621. The molecule has 2 aliphatic rings. The van der Waals surface area contributed by atoms with Crippen LogP contribution in [0, 0.1) is 0 Å². The van der Waals surface area contributed by atoms with E-state index in [1.54, 1.807) is 11.1 Å². The highest BCUT2D eigenvalue weighted by molar-refractivity contribution is 5.97. The quantitative estimate of drug-likeness (QED) is 0.555. The van der Waals surface area contributed by atoms with Crippen LogP contribution in [0.15, 0.2) is 36.4 Å². The summed E-state index contributed by atoms with van der Waals surface area (Å²) < 4.78 is 0. The summed E-state index contributed by atoms with van der Waals surface area (Å²) in [6.07, 6.45) is 11.7. The van der Waals surface area contributed by atoms with Crippen LogP contribution in [0.3, 0.4) is 0 Å². The molecule has 0 nitrogen and oxygen atoms in total. The molecule has 4 rings (SSSR count). The van der Waals surface area contributed by atoms with Gasteiger partial charge in [0.15, 0.2) is 0 Å². The molecule has 0 heterocycles. The molecule has 2 aromatic carbocycles. The van der Waals surface area contributed by atoms with Crippen LogP contribution in [-0.2, 0) is 0 Å². The Balaban J connectivity index is 2.22. The van der Waals surface area contributed by atoms with E-state index in [9.17, 15) is 0 Å². The average Bonchev–Trinajstić information content (AvgIpc) is 2.47. The van der Waals surface area contributed by atoms with Gasteiger partial charge in [-0.15, -0.1) is 0 Å². The Labute approximate surface area is 120 Å². The molecule has 20 heavy (non-hydrogen) atoms. The molecular formula is C20H20. The van der Waals surface area contributed by atoms with Crippen LogP contribution in [0.2, 0.25) is 0 Å². The zero-order valence-corrected chi connectivity index (χ0v) is 12.2. The zero-order valence-electron chi connectivity index (χ0n) is 12.2. The van der Waals surface area contributed by atoms with E-state index in [2.05, 4.69) is 62.4 Å². The second-order valence-electron chi connectivity index (χ2n) is 6.28. The summed E-state index contributed by atoms with van der Waals surface area (Å²) in [7, 11) is 0. The largest absolute Gasteiger partial charge is 0.0833 e. The van der Waals surface area contributed by atoms with Gasteiger partial charge in [-0.1, -0.05) is 62.4 Å². The molecule has 0 bridgehead atoms. The average molecular weight is 260 g/mol. The first kappa shape index (κ1) is 12.0. The molecular weight excluding hydrogens is 240 g/mol. The Bertz CT molecular complexity index is 682. The van der Waals surface area contributed by atoms with E-state index in [4.69, 9.17) is 0 Å². The lowest BCUT2D eigenvalue weighted by atomic mass is 9.75. The number of hydrogen-bond acceptors (Lipinski definition) is 0. The van der Waals surface area contributed by atoms with E-state index < -0.39 is 0 Å². The van der Waals surface area contributed by atoms with Gasteiger partial charge in [0, 0.05) is 0 Å². The standard InChI is InChI=1S/C20H20/c1-13-7-5-11-17-18-12-6-8-14(2)20(18)16-10-4-3-9-15(16)19(13)17/h3-6,9-14H,7-8H2,1-2H3. The molecule has 0 saturated heterocycles. The van der Waals surface area contributed by atoms with Crippen molar-refractivity contribution in [1.29, 1.82) is 0 Å². The van der Waals surface area contributed by atoms with E-state index in [0.29, 0.717) is 11.8 Å². The molecule has 100 valence electrons. The van der Waals surface area contributed by atoms with E-state index in [1.165, 1.54) is 21.9 Å². The third-order valence-electron chi connectivity index (χ3n) is 4.91. The van der Waals surface area contributed by atoms with Crippen molar-refractivity contribution in [1.82, 2.24) is 0 Å². The first-order chi connectivity index (χ1) is 9.77. The van der Waals surface area contributed by atoms with Crippen molar-refractivity contribution in [2.75, 3.05) is 0 Å². The van der Waals surface area contributed by atoms with Gasteiger partial charge >= 0.3 is 0 Å². The van der Waals surface area contributed by atoms with Crippen LogP contribution in [0.25, 0.3) is 22.9 Å². The minimum Gasteiger partial charge on any atom is -0.0833 e. The fourth-order valence-corrected chi connectivity index (χ4v) is 3.97. The van der Waals surface area contributed by atoms with Gasteiger partial charge in [0.2, 0.25) is 0 Å². The molecule has 2 atom stereocenters. The maximum Gasteiger partial charge on any atom is -0.0140 e. The smallest absolute Gasteiger partial charge is 0.0140 e. The zero-order chi connectivity index (χ0) is 13.7. The summed E-state index contributed by atoms with van der Waals surface area (Å²) >= 11 is 0. The predicted octanol–water partition coefficient (Wildman–Crippen LogP) is 5.88. The fourth-order valence-electron chi connectivity index (χ4n) is 3.97. The van der Waals surface area contributed by atoms with Crippen molar-refractivity contribution in [3.63, 3.8) is 0 Å². The van der Waals surface area contributed by atoms with Crippen LogP contribution in [-0.4, -0.2) is 0 Å². The molecule has 0 aliphatic heterocycles. The summed E-state index contributed by atoms with van der Waals surface area (Å²) in [5.41, 5.74) is 6.06. The first-order valence-corrected chi connectivity index (χ1v) is 7.69. The Morgan fingerprint density at radius 3 is 1.65 bits per heavy atom. The number of allylic oxidation sites excluding steroid dienone is 2. The first-order valence-electron chi connectivity index (χ1n) is 7.69. The van der Waals surface area contributed by atoms with Crippen molar-refractivity contribution >= 4 is 22.9 Å². The maximum atomic E-state index is 2.36. The van der Waals surface area contributed by atoms with Crippen LogP contribution in [0.5, 0.6) is 0 Å². The van der Waals surface area contributed by atoms with Gasteiger partial charge in [0.05, 0.1) is 0 Å². The van der Waals surface area contributed by atoms with Gasteiger partial charge < -0.3 is 0 Å². The van der Waals surface area contributed by atoms with Crippen LogP contribution < -0.4 is 0 Å². The van der Waals surface area contributed by atoms with Crippen LogP contribution in [0.4, 0.5) is 0 Å². The molecule has 0 fully saturated rings. The summed E-state index contributed by atoms with van der Waals surface area (Å²) in [6, 6.07) is 9.00. The monoisotopic (exact) mass is 260 g/mol. The molecule has 2 unspecified atom stereocenters.